The zero-order valence-corrected chi connectivity index (χ0v) is 22.7. The Morgan fingerprint density at radius 1 is 1.00 bits per heavy atom. The molecule has 3 heterocycles. The Hall–Kier alpha value is -2.04. The van der Waals surface area contributed by atoms with Gasteiger partial charge < -0.3 is 19.9 Å². The predicted molar refractivity (Wildman–Crippen MR) is 145 cm³/mol. The summed E-state index contributed by atoms with van der Waals surface area (Å²) in [6.45, 7) is 5.19. The van der Waals surface area contributed by atoms with Crippen molar-refractivity contribution in [2.75, 3.05) is 59.5 Å². The molecule has 0 aliphatic carbocycles. The van der Waals surface area contributed by atoms with Gasteiger partial charge in [0.05, 0.1) is 11.5 Å². The van der Waals surface area contributed by atoms with Crippen LogP contribution in [0.1, 0.15) is 32.1 Å². The molecule has 2 aromatic rings. The van der Waals surface area contributed by atoms with Gasteiger partial charge in [-0.25, -0.2) is 8.42 Å². The summed E-state index contributed by atoms with van der Waals surface area (Å²) in [7, 11) is -1.54. The van der Waals surface area contributed by atoms with E-state index >= 15 is 0 Å². The lowest BCUT2D eigenvalue weighted by Crippen LogP contribution is -2.58. The van der Waals surface area contributed by atoms with Crippen LogP contribution in [0.5, 0.6) is 0 Å². The van der Waals surface area contributed by atoms with Gasteiger partial charge in [-0.05, 0) is 63.2 Å². The molecule has 2 unspecified atom stereocenters. The van der Waals surface area contributed by atoms with E-state index in [-0.39, 0.29) is 31.2 Å². The fraction of sp³-hybridized carbons (Fsp3) is 0.607. The number of piperidine rings is 2. The molecule has 37 heavy (non-hydrogen) atoms. The number of likely N-dealkylation sites (tertiary alicyclic amines) is 1. The quantitative estimate of drug-likeness (QED) is 0.595. The van der Waals surface area contributed by atoms with Crippen LogP contribution in [0.4, 0.5) is 0 Å². The molecule has 2 aromatic carbocycles. The summed E-state index contributed by atoms with van der Waals surface area (Å²) >= 11 is 0. The molecule has 2 atom stereocenters. The van der Waals surface area contributed by atoms with Crippen molar-refractivity contribution in [2.45, 2.75) is 49.1 Å². The molecule has 3 saturated heterocycles. The van der Waals surface area contributed by atoms with Crippen LogP contribution in [0.2, 0.25) is 0 Å². The van der Waals surface area contributed by atoms with Gasteiger partial charge in [-0.3, -0.25) is 4.79 Å². The standard InChI is InChI=1S/C28H40N4O4S/c1-30-16-12-23(13-17-30)26-19-29-14-18-31(26)28(33)21-36-20-24-9-4-5-15-32(24)37(34,35)27-11-6-8-22-7-2-3-10-25(22)27/h2-3,6-8,10-11,23-24,26,29H,4-5,9,12-21H2,1H3. The maximum atomic E-state index is 13.8. The van der Waals surface area contributed by atoms with Crippen LogP contribution in [0, 0.1) is 5.92 Å². The highest BCUT2D eigenvalue weighted by Gasteiger charge is 2.36. The van der Waals surface area contributed by atoms with Crippen LogP contribution in [0.15, 0.2) is 47.4 Å². The number of piperazine rings is 1. The molecule has 3 aliphatic rings. The van der Waals surface area contributed by atoms with Gasteiger partial charge in [-0.15, -0.1) is 0 Å². The summed E-state index contributed by atoms with van der Waals surface area (Å²) in [4.78, 5) is 17.9. The average Bonchev–Trinajstić information content (AvgIpc) is 2.93. The van der Waals surface area contributed by atoms with Crippen LogP contribution in [0.3, 0.4) is 0 Å². The zero-order valence-electron chi connectivity index (χ0n) is 21.8. The lowest BCUT2D eigenvalue weighted by molar-refractivity contribution is -0.141. The molecule has 1 N–H and O–H groups in total. The molecule has 0 spiro atoms. The number of carbonyl (C=O) groups excluding carboxylic acids is 1. The minimum Gasteiger partial charge on any atom is -0.370 e. The normalized spacial score (nSPS) is 24.9. The molecule has 0 radical (unpaired) electrons. The summed E-state index contributed by atoms with van der Waals surface area (Å²) in [5, 5.41) is 5.12. The molecular formula is C28H40N4O4S. The number of nitrogens with one attached hydrogen (secondary N) is 1. The number of sulfonamides is 1. The molecule has 9 heteroatoms. The maximum Gasteiger partial charge on any atom is 0.248 e. The van der Waals surface area contributed by atoms with Gasteiger partial charge in [0.25, 0.3) is 0 Å². The Bertz CT molecular complexity index is 1180. The first kappa shape index (κ1) is 26.6. The second-order valence-corrected chi connectivity index (χ2v) is 12.6. The number of amides is 1. The number of fused-ring (bicyclic) bond motifs is 1. The van der Waals surface area contributed by atoms with Crippen LogP contribution >= 0.6 is 0 Å². The van der Waals surface area contributed by atoms with E-state index in [0.717, 1.165) is 69.1 Å². The van der Waals surface area contributed by atoms with Crippen LogP contribution in [0.25, 0.3) is 10.8 Å². The summed E-state index contributed by atoms with van der Waals surface area (Å²) in [6, 6.07) is 13.0. The number of hydrogen-bond acceptors (Lipinski definition) is 6. The van der Waals surface area contributed by atoms with Gasteiger partial charge in [0.1, 0.15) is 6.61 Å². The first-order valence-electron chi connectivity index (χ1n) is 13.7. The smallest absolute Gasteiger partial charge is 0.248 e. The molecule has 3 aliphatic heterocycles. The van der Waals surface area contributed by atoms with Crippen molar-refractivity contribution in [2.24, 2.45) is 5.92 Å². The molecule has 1 amide bonds. The summed E-state index contributed by atoms with van der Waals surface area (Å²) < 4.78 is 35.1. The summed E-state index contributed by atoms with van der Waals surface area (Å²) in [5.41, 5.74) is 0. The highest BCUT2D eigenvalue weighted by atomic mass is 32.2. The van der Waals surface area contributed by atoms with Gasteiger partial charge in [-0.1, -0.05) is 42.8 Å². The molecule has 5 rings (SSSR count). The first-order chi connectivity index (χ1) is 17.9. The zero-order chi connectivity index (χ0) is 25.8. The SMILES string of the molecule is CN1CCC(C2CNCCN2C(=O)COCC2CCCCN2S(=O)(=O)c2cccc3ccccc23)CC1. The van der Waals surface area contributed by atoms with Crippen molar-refractivity contribution in [3.05, 3.63) is 42.5 Å². The first-order valence-corrected chi connectivity index (χ1v) is 15.2. The average molecular weight is 529 g/mol. The maximum absolute atomic E-state index is 13.8. The van der Waals surface area contributed by atoms with E-state index < -0.39 is 10.0 Å². The van der Waals surface area contributed by atoms with E-state index in [1.165, 1.54) is 0 Å². The second-order valence-electron chi connectivity index (χ2n) is 10.8. The third kappa shape index (κ3) is 5.86. The van der Waals surface area contributed by atoms with Crippen molar-refractivity contribution in [1.29, 1.82) is 0 Å². The fourth-order valence-electron chi connectivity index (χ4n) is 6.24. The topological polar surface area (TPSA) is 82.2 Å². The number of carbonyl (C=O) groups is 1. The molecule has 3 fully saturated rings. The van der Waals surface area contributed by atoms with Gasteiger partial charge in [-0.2, -0.15) is 4.31 Å². The minimum atomic E-state index is -3.69. The van der Waals surface area contributed by atoms with Crippen LogP contribution in [-0.4, -0.2) is 100 Å². The van der Waals surface area contributed by atoms with E-state index in [9.17, 15) is 13.2 Å². The van der Waals surface area contributed by atoms with Crippen molar-refractivity contribution in [1.82, 2.24) is 19.4 Å². The molecular weight excluding hydrogens is 488 g/mol. The number of rotatable bonds is 7. The lowest BCUT2D eigenvalue weighted by Gasteiger charge is -2.43. The van der Waals surface area contributed by atoms with Crippen LogP contribution in [-0.2, 0) is 19.6 Å². The van der Waals surface area contributed by atoms with E-state index in [1.807, 2.05) is 35.2 Å². The molecule has 202 valence electrons. The van der Waals surface area contributed by atoms with E-state index in [0.29, 0.717) is 23.9 Å². The van der Waals surface area contributed by atoms with E-state index in [2.05, 4.69) is 17.3 Å². The van der Waals surface area contributed by atoms with Gasteiger partial charge in [0.15, 0.2) is 0 Å². The van der Waals surface area contributed by atoms with E-state index in [1.54, 1.807) is 16.4 Å². The Morgan fingerprint density at radius 3 is 2.62 bits per heavy atom. The predicted octanol–water partition coefficient (Wildman–Crippen LogP) is 2.54. The third-order valence-corrected chi connectivity index (χ3v) is 10.4. The molecule has 8 nitrogen and oxygen atoms in total. The number of nitrogens with zero attached hydrogens (tertiary/aromatic N) is 3. The Morgan fingerprint density at radius 2 is 1.78 bits per heavy atom. The van der Waals surface area contributed by atoms with E-state index in [4.69, 9.17) is 4.74 Å². The van der Waals surface area contributed by atoms with Gasteiger partial charge in [0.2, 0.25) is 15.9 Å². The van der Waals surface area contributed by atoms with Gasteiger partial charge in [0, 0.05) is 43.6 Å². The Labute approximate surface area is 221 Å². The molecule has 0 aromatic heterocycles. The monoisotopic (exact) mass is 528 g/mol. The Balaban J connectivity index is 1.23. The van der Waals surface area contributed by atoms with Crippen molar-refractivity contribution in [3.8, 4) is 0 Å². The summed E-state index contributed by atoms with van der Waals surface area (Å²) in [5.74, 6) is 0.525. The highest BCUT2D eigenvalue weighted by molar-refractivity contribution is 7.89. The fourth-order valence-corrected chi connectivity index (χ4v) is 8.13. The van der Waals surface area contributed by atoms with Gasteiger partial charge >= 0.3 is 0 Å². The third-order valence-electron chi connectivity index (χ3n) is 8.36. The van der Waals surface area contributed by atoms with Crippen molar-refractivity contribution >= 4 is 26.7 Å². The minimum absolute atomic E-state index is 0.00176. The largest absolute Gasteiger partial charge is 0.370 e. The van der Waals surface area contributed by atoms with Crippen molar-refractivity contribution < 1.29 is 17.9 Å². The van der Waals surface area contributed by atoms with Crippen LogP contribution < -0.4 is 5.32 Å². The molecule has 0 saturated carbocycles. The van der Waals surface area contributed by atoms with Crippen molar-refractivity contribution in [3.63, 3.8) is 0 Å². The lowest BCUT2D eigenvalue weighted by atomic mass is 9.87. The number of benzene rings is 2. The molecule has 0 bridgehead atoms. The Kier molecular flexibility index (Phi) is 8.46. The highest BCUT2D eigenvalue weighted by Crippen LogP contribution is 2.30. The number of hydrogen-bond donors (Lipinski definition) is 1. The number of ether oxygens (including phenoxy) is 1. The summed E-state index contributed by atoms with van der Waals surface area (Å²) in [6.07, 6.45) is 4.75. The second kappa shape index (κ2) is 11.8.